The number of sulfonamides is 1. The van der Waals surface area contributed by atoms with Gasteiger partial charge in [0.2, 0.25) is 15.8 Å². The van der Waals surface area contributed by atoms with Gasteiger partial charge < -0.3 is 14.0 Å². The highest BCUT2D eigenvalue weighted by Crippen LogP contribution is 2.29. The molecule has 4 aromatic rings. The Hall–Kier alpha value is -3.91. The van der Waals surface area contributed by atoms with Crippen molar-refractivity contribution in [2.24, 2.45) is 12.2 Å². The van der Waals surface area contributed by atoms with Crippen molar-refractivity contribution in [1.82, 2.24) is 19.9 Å². The standard InChI is InChI=1S/C20H16F3N5O5S/c1-28-17(11-31-13-5-3-6-14(9-13)32-20(21,22)23)16(10-25-28)19-26-18(27-33-19)12-4-2-7-15(8-12)34(24,29)30/h2-10H,11H2,1H3,(H2,24,29,30). The Kier molecular flexibility index (Phi) is 6.01. The molecule has 14 heteroatoms. The van der Waals surface area contributed by atoms with E-state index in [0.717, 1.165) is 12.1 Å². The third-order valence-corrected chi connectivity index (χ3v) is 5.46. The first-order chi connectivity index (χ1) is 16.0. The van der Waals surface area contributed by atoms with Gasteiger partial charge in [-0.05, 0) is 24.3 Å². The van der Waals surface area contributed by atoms with Gasteiger partial charge in [-0.15, -0.1) is 13.2 Å². The highest BCUT2D eigenvalue weighted by molar-refractivity contribution is 7.89. The van der Waals surface area contributed by atoms with Gasteiger partial charge in [0.1, 0.15) is 18.1 Å². The number of nitrogens with zero attached hydrogens (tertiary/aromatic N) is 4. The topological polar surface area (TPSA) is 135 Å². The summed E-state index contributed by atoms with van der Waals surface area (Å²) in [6.45, 7) is -0.0834. The first-order valence-corrected chi connectivity index (χ1v) is 11.0. The van der Waals surface area contributed by atoms with Crippen LogP contribution in [0.5, 0.6) is 11.5 Å². The molecule has 0 bridgehead atoms. The van der Waals surface area contributed by atoms with E-state index >= 15 is 0 Å². The number of primary sulfonamides is 1. The van der Waals surface area contributed by atoms with Gasteiger partial charge in [0.25, 0.3) is 5.89 Å². The zero-order chi connectivity index (χ0) is 24.5. The third-order valence-electron chi connectivity index (χ3n) is 4.55. The van der Waals surface area contributed by atoms with Crippen LogP contribution in [0.1, 0.15) is 5.69 Å². The van der Waals surface area contributed by atoms with Crippen molar-refractivity contribution in [2.45, 2.75) is 17.9 Å². The van der Waals surface area contributed by atoms with Crippen molar-refractivity contribution in [2.75, 3.05) is 0 Å². The van der Waals surface area contributed by atoms with E-state index in [9.17, 15) is 21.6 Å². The van der Waals surface area contributed by atoms with Gasteiger partial charge in [-0.1, -0.05) is 23.4 Å². The molecule has 0 aliphatic rings. The maximum Gasteiger partial charge on any atom is 0.573 e. The molecule has 4 rings (SSSR count). The molecule has 0 saturated heterocycles. The van der Waals surface area contributed by atoms with Gasteiger partial charge in [0.05, 0.1) is 22.3 Å². The molecular weight excluding hydrogens is 479 g/mol. The Morgan fingerprint density at radius 1 is 1.12 bits per heavy atom. The van der Waals surface area contributed by atoms with Crippen molar-refractivity contribution >= 4 is 10.0 Å². The maximum atomic E-state index is 12.4. The number of halogens is 3. The summed E-state index contributed by atoms with van der Waals surface area (Å²) in [6.07, 6.45) is -3.36. The van der Waals surface area contributed by atoms with Crippen LogP contribution in [-0.2, 0) is 23.7 Å². The highest BCUT2D eigenvalue weighted by atomic mass is 32.2. The van der Waals surface area contributed by atoms with Crippen LogP contribution in [0.4, 0.5) is 13.2 Å². The molecule has 2 N–H and O–H groups in total. The largest absolute Gasteiger partial charge is 0.573 e. The number of ether oxygens (including phenoxy) is 2. The normalized spacial score (nSPS) is 12.0. The minimum atomic E-state index is -4.82. The SMILES string of the molecule is Cn1ncc(-c2nc(-c3cccc(S(N)(=O)=O)c3)no2)c1COc1cccc(OC(F)(F)F)c1. The van der Waals surface area contributed by atoms with E-state index < -0.39 is 22.1 Å². The molecular formula is C20H16F3N5O5S. The van der Waals surface area contributed by atoms with E-state index in [1.807, 2.05) is 0 Å². The van der Waals surface area contributed by atoms with Gasteiger partial charge in [-0.25, -0.2) is 13.6 Å². The Bertz CT molecular complexity index is 1430. The molecule has 0 radical (unpaired) electrons. The van der Waals surface area contributed by atoms with Crippen molar-refractivity contribution in [1.29, 1.82) is 0 Å². The molecule has 2 heterocycles. The van der Waals surface area contributed by atoms with Gasteiger partial charge in [-0.3, -0.25) is 4.68 Å². The third kappa shape index (κ3) is 5.35. The van der Waals surface area contributed by atoms with Crippen molar-refractivity contribution in [3.63, 3.8) is 0 Å². The fourth-order valence-electron chi connectivity index (χ4n) is 2.99. The maximum absolute atomic E-state index is 12.4. The fourth-order valence-corrected chi connectivity index (χ4v) is 3.55. The predicted molar refractivity (Wildman–Crippen MR) is 111 cm³/mol. The van der Waals surface area contributed by atoms with Crippen molar-refractivity contribution in [3.8, 4) is 34.3 Å². The van der Waals surface area contributed by atoms with Gasteiger partial charge >= 0.3 is 6.36 Å². The van der Waals surface area contributed by atoms with Gasteiger partial charge in [0, 0.05) is 18.7 Å². The number of benzene rings is 2. The molecule has 2 aromatic heterocycles. The molecule has 0 spiro atoms. The summed E-state index contributed by atoms with van der Waals surface area (Å²) >= 11 is 0. The quantitative estimate of drug-likeness (QED) is 0.413. The van der Waals surface area contributed by atoms with E-state index in [4.69, 9.17) is 14.4 Å². The summed E-state index contributed by atoms with van der Waals surface area (Å²) in [5, 5.41) is 13.2. The molecule has 0 atom stereocenters. The monoisotopic (exact) mass is 495 g/mol. The number of hydrogen-bond acceptors (Lipinski definition) is 8. The summed E-state index contributed by atoms with van der Waals surface area (Å²) in [5.74, 6) is -0.0801. The average Bonchev–Trinajstić information content (AvgIpc) is 3.37. The van der Waals surface area contributed by atoms with Gasteiger partial charge in [-0.2, -0.15) is 10.1 Å². The van der Waals surface area contributed by atoms with Crippen LogP contribution in [0.2, 0.25) is 0 Å². The second kappa shape index (κ2) is 8.79. The van der Waals surface area contributed by atoms with Crippen LogP contribution < -0.4 is 14.6 Å². The number of rotatable bonds is 7. The Morgan fingerprint density at radius 3 is 2.59 bits per heavy atom. The number of nitrogens with two attached hydrogens (primary N) is 1. The number of alkyl halides is 3. The average molecular weight is 495 g/mol. The summed E-state index contributed by atoms with van der Waals surface area (Å²) in [4.78, 5) is 4.18. The van der Waals surface area contributed by atoms with Crippen LogP contribution in [0.15, 0.2) is 64.1 Å². The Morgan fingerprint density at radius 2 is 1.85 bits per heavy atom. The van der Waals surface area contributed by atoms with Crippen LogP contribution >= 0.6 is 0 Å². The van der Waals surface area contributed by atoms with Crippen LogP contribution in [-0.4, -0.2) is 34.7 Å². The molecule has 34 heavy (non-hydrogen) atoms. The second-order valence-corrected chi connectivity index (χ2v) is 8.50. The first kappa shape index (κ1) is 23.3. The highest BCUT2D eigenvalue weighted by Gasteiger charge is 2.31. The summed E-state index contributed by atoms with van der Waals surface area (Å²) < 4.78 is 76.8. The lowest BCUT2D eigenvalue weighted by Gasteiger charge is -2.11. The number of aryl methyl sites for hydroxylation is 1. The zero-order valence-corrected chi connectivity index (χ0v) is 18.2. The summed E-state index contributed by atoms with van der Waals surface area (Å²) in [7, 11) is -2.28. The van der Waals surface area contributed by atoms with Gasteiger partial charge in [0.15, 0.2) is 0 Å². The van der Waals surface area contributed by atoms with Crippen LogP contribution in [0.25, 0.3) is 22.8 Å². The van der Waals surface area contributed by atoms with Crippen molar-refractivity contribution < 1.29 is 35.6 Å². The molecule has 10 nitrogen and oxygen atoms in total. The molecule has 0 aliphatic carbocycles. The Balaban J connectivity index is 1.56. The molecule has 0 unspecified atom stereocenters. The molecule has 0 aliphatic heterocycles. The number of hydrogen-bond donors (Lipinski definition) is 1. The molecule has 178 valence electrons. The smallest absolute Gasteiger partial charge is 0.487 e. The fraction of sp³-hybridized carbons (Fsp3) is 0.150. The zero-order valence-electron chi connectivity index (χ0n) is 17.4. The molecule has 0 amide bonds. The lowest BCUT2D eigenvalue weighted by Crippen LogP contribution is -2.17. The van der Waals surface area contributed by atoms with E-state index in [2.05, 4.69) is 20.0 Å². The van der Waals surface area contributed by atoms with E-state index in [0.29, 0.717) is 16.8 Å². The molecule has 0 saturated carbocycles. The minimum Gasteiger partial charge on any atom is -0.487 e. The second-order valence-electron chi connectivity index (χ2n) is 6.94. The van der Waals surface area contributed by atoms with E-state index in [1.54, 1.807) is 13.1 Å². The van der Waals surface area contributed by atoms with Crippen molar-refractivity contribution in [3.05, 3.63) is 60.4 Å². The lowest BCUT2D eigenvalue weighted by molar-refractivity contribution is -0.274. The first-order valence-electron chi connectivity index (χ1n) is 9.46. The van der Waals surface area contributed by atoms with Crippen LogP contribution in [0, 0.1) is 0 Å². The lowest BCUT2D eigenvalue weighted by atomic mass is 10.2. The van der Waals surface area contributed by atoms with E-state index in [-0.39, 0.29) is 29.0 Å². The number of aromatic nitrogens is 4. The van der Waals surface area contributed by atoms with E-state index in [1.165, 1.54) is 41.2 Å². The minimum absolute atomic E-state index is 0.0804. The van der Waals surface area contributed by atoms with Crippen LogP contribution in [0.3, 0.4) is 0 Å². The molecule has 2 aromatic carbocycles. The Labute approximate surface area is 190 Å². The predicted octanol–water partition coefficient (Wildman–Crippen LogP) is 3.26. The molecule has 0 fully saturated rings. The summed E-state index contributed by atoms with van der Waals surface area (Å²) in [5.41, 5.74) is 1.28. The summed E-state index contributed by atoms with van der Waals surface area (Å²) in [6, 6.07) is 10.8.